The van der Waals surface area contributed by atoms with Crippen molar-refractivity contribution in [1.82, 2.24) is 14.5 Å². The molecule has 1 amide bonds. The third kappa shape index (κ3) is 2.70. The number of hydrogen-bond donors (Lipinski definition) is 1. The van der Waals surface area contributed by atoms with Gasteiger partial charge in [-0.1, -0.05) is 56.3 Å². The summed E-state index contributed by atoms with van der Waals surface area (Å²) >= 11 is 0. The van der Waals surface area contributed by atoms with Crippen LogP contribution in [-0.4, -0.2) is 46.5 Å². The molecule has 2 aliphatic rings. The average Bonchev–Trinajstić information content (AvgIpc) is 3.36. The summed E-state index contributed by atoms with van der Waals surface area (Å²) in [5, 5.41) is 3.68. The van der Waals surface area contributed by atoms with Gasteiger partial charge in [0.15, 0.2) is 0 Å². The fourth-order valence-electron chi connectivity index (χ4n) is 5.36. The number of para-hydroxylation sites is 4. The van der Waals surface area contributed by atoms with Crippen LogP contribution in [0.2, 0.25) is 0 Å². The number of carbonyl (C=O) groups excluding carboxylic acids is 1. The fourth-order valence-corrected chi connectivity index (χ4v) is 5.36. The molecular weight excluding hydrogens is 410 g/mol. The summed E-state index contributed by atoms with van der Waals surface area (Å²) in [7, 11) is 0. The Labute approximate surface area is 193 Å². The molecule has 2 aliphatic heterocycles. The van der Waals surface area contributed by atoms with Crippen LogP contribution < -0.4 is 10.2 Å². The zero-order valence-electron chi connectivity index (χ0n) is 19.0. The molecule has 0 bridgehead atoms. The largest absolute Gasteiger partial charge is 0.350 e. The molecule has 0 saturated carbocycles. The molecule has 0 radical (unpaired) electrons. The van der Waals surface area contributed by atoms with E-state index in [4.69, 9.17) is 4.98 Å². The lowest BCUT2D eigenvalue weighted by Gasteiger charge is -2.38. The lowest BCUT2D eigenvalue weighted by molar-refractivity contribution is -0.123. The molecule has 1 N–H and O–H groups in total. The van der Waals surface area contributed by atoms with Crippen LogP contribution in [0, 0.1) is 0 Å². The van der Waals surface area contributed by atoms with Crippen LogP contribution in [0.3, 0.4) is 0 Å². The van der Waals surface area contributed by atoms with Gasteiger partial charge in [0.25, 0.3) is 5.91 Å². The molecule has 6 nitrogen and oxygen atoms in total. The number of hydrogen-bond acceptors (Lipinski definition) is 4. The van der Waals surface area contributed by atoms with Crippen molar-refractivity contribution >= 4 is 28.3 Å². The SMILES string of the molecule is CCN(CC)CCN1C(=O)C2(Nc3ccccc3-c3nc4ccccc4n32)c2ccccc21. The van der Waals surface area contributed by atoms with Crippen LogP contribution in [-0.2, 0) is 10.5 Å². The van der Waals surface area contributed by atoms with Crippen molar-refractivity contribution in [1.29, 1.82) is 0 Å². The predicted molar refractivity (Wildman–Crippen MR) is 132 cm³/mol. The van der Waals surface area contributed by atoms with E-state index in [2.05, 4.69) is 52.9 Å². The maximum Gasteiger partial charge on any atom is 0.279 e. The number of rotatable bonds is 5. The second kappa shape index (κ2) is 7.46. The maximum absolute atomic E-state index is 14.4. The highest BCUT2D eigenvalue weighted by Gasteiger charge is 2.56. The quantitative estimate of drug-likeness (QED) is 0.499. The van der Waals surface area contributed by atoms with Gasteiger partial charge in [-0.3, -0.25) is 9.36 Å². The second-order valence-electron chi connectivity index (χ2n) is 8.64. The second-order valence-corrected chi connectivity index (χ2v) is 8.64. The standard InChI is InChI=1S/C27H27N5O/c1-3-30(4-2)17-18-31-23-15-9-6-12-20(23)27(26(31)33)29-21-13-7-5-11-19(21)25-28-22-14-8-10-16-24(22)32(25)27/h5-16,29H,3-4,17-18H2,1-2H3. The number of anilines is 2. The van der Waals surface area contributed by atoms with Crippen molar-refractivity contribution in [2.75, 3.05) is 36.4 Å². The third-order valence-electron chi connectivity index (χ3n) is 7.05. The first-order valence-corrected chi connectivity index (χ1v) is 11.7. The van der Waals surface area contributed by atoms with Gasteiger partial charge in [-0.05, 0) is 43.4 Å². The smallest absolute Gasteiger partial charge is 0.279 e. The van der Waals surface area contributed by atoms with E-state index in [1.807, 2.05) is 53.4 Å². The molecule has 166 valence electrons. The number of likely N-dealkylation sites (N-methyl/N-ethyl adjacent to an activating group) is 1. The third-order valence-corrected chi connectivity index (χ3v) is 7.05. The van der Waals surface area contributed by atoms with Gasteiger partial charge in [0.1, 0.15) is 5.82 Å². The van der Waals surface area contributed by atoms with Gasteiger partial charge in [-0.2, -0.15) is 0 Å². The Morgan fingerprint density at radius 1 is 0.939 bits per heavy atom. The highest BCUT2D eigenvalue weighted by atomic mass is 16.2. The predicted octanol–water partition coefficient (Wildman–Crippen LogP) is 4.52. The molecular formula is C27H27N5O. The van der Waals surface area contributed by atoms with Gasteiger partial charge in [0.05, 0.1) is 16.7 Å². The Hall–Kier alpha value is -3.64. The highest BCUT2D eigenvalue weighted by Crippen LogP contribution is 2.50. The van der Waals surface area contributed by atoms with Gasteiger partial charge in [-0.15, -0.1) is 0 Å². The molecule has 1 atom stereocenters. The monoisotopic (exact) mass is 437 g/mol. The highest BCUT2D eigenvalue weighted by molar-refractivity contribution is 6.12. The Balaban J connectivity index is 1.59. The number of aromatic nitrogens is 2. The molecule has 6 heteroatoms. The molecule has 1 spiro atoms. The first kappa shape index (κ1) is 20.0. The average molecular weight is 438 g/mol. The van der Waals surface area contributed by atoms with E-state index in [1.54, 1.807) is 0 Å². The Bertz CT molecular complexity index is 1370. The van der Waals surface area contributed by atoms with E-state index in [0.717, 1.165) is 59.0 Å². The van der Waals surface area contributed by atoms with E-state index >= 15 is 0 Å². The summed E-state index contributed by atoms with van der Waals surface area (Å²) in [5.74, 6) is 0.856. The van der Waals surface area contributed by atoms with Crippen molar-refractivity contribution in [3.05, 3.63) is 78.4 Å². The number of nitrogens with zero attached hydrogens (tertiary/aromatic N) is 4. The first-order chi connectivity index (χ1) is 16.2. The molecule has 0 fully saturated rings. The van der Waals surface area contributed by atoms with Gasteiger partial charge in [0, 0.05) is 29.9 Å². The minimum atomic E-state index is -1.07. The molecule has 6 rings (SSSR count). The van der Waals surface area contributed by atoms with Gasteiger partial charge in [-0.25, -0.2) is 4.98 Å². The minimum Gasteiger partial charge on any atom is -0.350 e. The minimum absolute atomic E-state index is 0.0368. The summed E-state index contributed by atoms with van der Waals surface area (Å²) in [6.07, 6.45) is 0. The number of amides is 1. The van der Waals surface area contributed by atoms with Crippen LogP contribution in [0.4, 0.5) is 11.4 Å². The molecule has 4 aromatic rings. The summed E-state index contributed by atoms with van der Waals surface area (Å²) in [6, 6.07) is 24.4. The normalized spacial score (nSPS) is 18.5. The van der Waals surface area contributed by atoms with E-state index in [-0.39, 0.29) is 5.91 Å². The van der Waals surface area contributed by atoms with E-state index in [9.17, 15) is 4.79 Å². The molecule has 3 aromatic carbocycles. The first-order valence-electron chi connectivity index (χ1n) is 11.7. The summed E-state index contributed by atoms with van der Waals surface area (Å²) in [6.45, 7) is 7.73. The van der Waals surface area contributed by atoms with Crippen molar-refractivity contribution < 1.29 is 4.79 Å². The maximum atomic E-state index is 14.4. The van der Waals surface area contributed by atoms with Gasteiger partial charge in [0.2, 0.25) is 5.66 Å². The number of imidazole rings is 1. The van der Waals surface area contributed by atoms with Crippen LogP contribution in [0.25, 0.3) is 22.4 Å². The van der Waals surface area contributed by atoms with E-state index in [0.29, 0.717) is 6.54 Å². The summed E-state index contributed by atoms with van der Waals surface area (Å²) < 4.78 is 2.11. The molecule has 1 unspecified atom stereocenters. The molecule has 0 saturated heterocycles. The lowest BCUT2D eigenvalue weighted by Crippen LogP contribution is -2.54. The van der Waals surface area contributed by atoms with Crippen LogP contribution in [0.15, 0.2) is 72.8 Å². The molecule has 0 aliphatic carbocycles. The van der Waals surface area contributed by atoms with Crippen LogP contribution in [0.1, 0.15) is 19.4 Å². The van der Waals surface area contributed by atoms with Crippen molar-refractivity contribution in [3.8, 4) is 11.4 Å². The Kier molecular flexibility index (Phi) is 4.52. The lowest BCUT2D eigenvalue weighted by atomic mass is 9.95. The van der Waals surface area contributed by atoms with Crippen molar-refractivity contribution in [2.24, 2.45) is 0 Å². The molecule has 33 heavy (non-hydrogen) atoms. The topological polar surface area (TPSA) is 53.4 Å². The van der Waals surface area contributed by atoms with Gasteiger partial charge >= 0.3 is 0 Å². The molecule has 3 heterocycles. The Morgan fingerprint density at radius 2 is 1.67 bits per heavy atom. The zero-order chi connectivity index (χ0) is 22.6. The summed E-state index contributed by atoms with van der Waals surface area (Å²) in [5.41, 5.74) is 4.62. The zero-order valence-corrected chi connectivity index (χ0v) is 19.0. The summed E-state index contributed by atoms with van der Waals surface area (Å²) in [4.78, 5) is 23.7. The van der Waals surface area contributed by atoms with Crippen LogP contribution >= 0.6 is 0 Å². The number of benzene rings is 3. The van der Waals surface area contributed by atoms with Gasteiger partial charge < -0.3 is 15.1 Å². The van der Waals surface area contributed by atoms with E-state index < -0.39 is 5.66 Å². The van der Waals surface area contributed by atoms with Crippen molar-refractivity contribution in [3.63, 3.8) is 0 Å². The number of nitrogens with one attached hydrogen (secondary N) is 1. The Morgan fingerprint density at radius 3 is 2.52 bits per heavy atom. The number of carbonyl (C=O) groups is 1. The fraction of sp³-hybridized carbons (Fsp3) is 0.259. The van der Waals surface area contributed by atoms with Crippen LogP contribution in [0.5, 0.6) is 0 Å². The van der Waals surface area contributed by atoms with Crippen molar-refractivity contribution in [2.45, 2.75) is 19.5 Å². The molecule has 1 aromatic heterocycles. The van der Waals surface area contributed by atoms with E-state index in [1.165, 1.54) is 0 Å². The number of fused-ring (bicyclic) bond motifs is 8.